The molecule has 210 valence electrons. The highest BCUT2D eigenvalue weighted by atomic mass is 32.9. The molecule has 2 aliphatic rings. The average Bonchev–Trinajstić information content (AvgIpc) is 3.27. The third kappa shape index (κ3) is 6.36. The molecule has 39 heavy (non-hydrogen) atoms. The Kier molecular flexibility index (Phi) is 8.52. The molecule has 0 saturated carbocycles. The molecular formula is C26H29F3N4O4S2. The first kappa shape index (κ1) is 28.8. The van der Waals surface area contributed by atoms with E-state index in [2.05, 4.69) is 20.5 Å². The fraction of sp³-hybridized carbons (Fsp3) is 0.385. The predicted molar refractivity (Wildman–Crippen MR) is 145 cm³/mol. The van der Waals surface area contributed by atoms with Gasteiger partial charge in [-0.15, -0.1) is 0 Å². The predicted octanol–water partition coefficient (Wildman–Crippen LogP) is 5.12. The average molecular weight is 583 g/mol. The smallest absolute Gasteiger partial charge is 0.404 e. The molecule has 8 nitrogen and oxygen atoms in total. The van der Waals surface area contributed by atoms with E-state index in [4.69, 9.17) is 4.74 Å². The second-order valence-electron chi connectivity index (χ2n) is 10.2. The first-order chi connectivity index (χ1) is 18.4. The standard InChI is InChI=1S/C26H29F3N4O4S2/c1-15(33-9-6-10-33)16-7-5-8-18(27)17(16)12-30-20-11-19(28)24(23(29)22(20)26(2,3)4)37-25(34)32-21-13-38(14-31-21)39(35)36/h5,7-8,11,13-15,30H,6,9-10,12H2,1-4H3,(H,32,34)/t15-,38?/m1/s1. The highest BCUT2D eigenvalue weighted by molar-refractivity contribution is 8.42. The van der Waals surface area contributed by atoms with Crippen LogP contribution in [0.3, 0.4) is 0 Å². The highest BCUT2D eigenvalue weighted by Crippen LogP contribution is 2.39. The van der Waals surface area contributed by atoms with Crippen molar-refractivity contribution >= 4 is 36.0 Å². The van der Waals surface area contributed by atoms with Crippen LogP contribution in [-0.2, 0) is 30.7 Å². The van der Waals surface area contributed by atoms with Crippen molar-refractivity contribution in [3.8, 4) is 5.75 Å². The first-order valence-corrected chi connectivity index (χ1v) is 15.1. The summed E-state index contributed by atoms with van der Waals surface area (Å²) in [4.78, 5) is 18.3. The monoisotopic (exact) mass is 582 g/mol. The molecule has 0 spiro atoms. The number of halogens is 3. The molecule has 2 aliphatic heterocycles. The van der Waals surface area contributed by atoms with Crippen LogP contribution >= 0.6 is 0 Å². The maximum absolute atomic E-state index is 15.7. The number of likely N-dealkylation sites (tertiary alicyclic amines) is 1. The Bertz CT molecular complexity index is 1510. The molecular weight excluding hydrogens is 553 g/mol. The minimum atomic E-state index is -2.45. The lowest BCUT2D eigenvalue weighted by Crippen LogP contribution is -2.39. The largest absolute Gasteiger partial charge is 0.418 e. The van der Waals surface area contributed by atoms with Crippen molar-refractivity contribution < 1.29 is 31.1 Å². The van der Waals surface area contributed by atoms with Crippen molar-refractivity contribution in [3.05, 3.63) is 69.6 Å². The van der Waals surface area contributed by atoms with Gasteiger partial charge in [0.25, 0.3) is 0 Å². The summed E-state index contributed by atoms with van der Waals surface area (Å²) in [5, 5.41) is 6.34. The molecule has 2 N–H and O–H groups in total. The van der Waals surface area contributed by atoms with Crippen LogP contribution in [0.15, 0.2) is 40.5 Å². The van der Waals surface area contributed by atoms with E-state index in [0.29, 0.717) is 5.56 Å². The van der Waals surface area contributed by atoms with Crippen molar-refractivity contribution in [2.45, 2.75) is 52.1 Å². The summed E-state index contributed by atoms with van der Waals surface area (Å²) in [7, 11) is -3.77. The van der Waals surface area contributed by atoms with Gasteiger partial charge >= 0.3 is 6.09 Å². The number of carbonyl (C=O) groups excluding carboxylic acids is 1. The summed E-state index contributed by atoms with van der Waals surface area (Å²) < 4.78 is 72.8. The molecule has 1 saturated heterocycles. The molecule has 1 fully saturated rings. The molecule has 0 bridgehead atoms. The summed E-state index contributed by atoms with van der Waals surface area (Å²) in [5.41, 5.74) is 1.60. The second-order valence-corrected chi connectivity index (χ2v) is 13.7. The molecule has 13 heteroatoms. The molecule has 0 radical (unpaired) electrons. The molecule has 0 aromatic heterocycles. The quantitative estimate of drug-likeness (QED) is 0.470. The van der Waals surface area contributed by atoms with E-state index >= 15 is 8.78 Å². The van der Waals surface area contributed by atoms with Crippen LogP contribution in [0.2, 0.25) is 0 Å². The van der Waals surface area contributed by atoms with Crippen LogP contribution in [0.4, 0.5) is 23.7 Å². The Labute approximate surface area is 228 Å². The lowest BCUT2D eigenvalue weighted by Gasteiger charge is -2.37. The fourth-order valence-electron chi connectivity index (χ4n) is 4.47. The SMILES string of the molecule is C[C@H](c1cccc(F)c1CNc1cc(F)c(OC(=O)NC2=CS(=S(=O)=O)C=N2)c(F)c1C(C)(C)C)N1CCC1. The third-order valence-corrected chi connectivity index (χ3v) is 9.10. The Hall–Kier alpha value is -3.16. The Balaban J connectivity index is 1.61. The lowest BCUT2D eigenvalue weighted by molar-refractivity contribution is 0.128. The Morgan fingerprint density at radius 1 is 1.21 bits per heavy atom. The van der Waals surface area contributed by atoms with Gasteiger partial charge in [-0.1, -0.05) is 32.9 Å². The fourth-order valence-corrected chi connectivity index (χ4v) is 6.08. The zero-order valence-corrected chi connectivity index (χ0v) is 23.5. The number of ether oxygens (including phenoxy) is 1. The molecule has 2 atom stereocenters. The number of carbonyl (C=O) groups is 1. The third-order valence-electron chi connectivity index (χ3n) is 6.53. The Morgan fingerprint density at radius 2 is 1.92 bits per heavy atom. The van der Waals surface area contributed by atoms with E-state index in [1.807, 2.05) is 13.0 Å². The zero-order chi connectivity index (χ0) is 28.5. The van der Waals surface area contributed by atoms with Gasteiger partial charge in [-0.3, -0.25) is 10.2 Å². The van der Waals surface area contributed by atoms with Gasteiger partial charge in [0.1, 0.15) is 11.6 Å². The maximum atomic E-state index is 15.7. The van der Waals surface area contributed by atoms with Crippen LogP contribution in [0.25, 0.3) is 0 Å². The van der Waals surface area contributed by atoms with E-state index in [1.54, 1.807) is 26.8 Å². The summed E-state index contributed by atoms with van der Waals surface area (Å²) in [6.45, 7) is 8.96. The van der Waals surface area contributed by atoms with E-state index in [9.17, 15) is 17.6 Å². The molecule has 1 unspecified atom stereocenters. The molecule has 2 aromatic rings. The molecule has 0 aliphatic carbocycles. The normalized spacial score (nSPS) is 17.8. The van der Waals surface area contributed by atoms with Gasteiger partial charge in [-0.25, -0.2) is 23.0 Å². The van der Waals surface area contributed by atoms with Crippen LogP contribution in [0.1, 0.15) is 56.8 Å². The van der Waals surface area contributed by atoms with Crippen molar-refractivity contribution in [2.24, 2.45) is 4.99 Å². The van der Waals surface area contributed by atoms with Crippen LogP contribution in [0.5, 0.6) is 5.75 Å². The molecule has 2 aromatic carbocycles. The van der Waals surface area contributed by atoms with E-state index in [1.165, 1.54) is 11.5 Å². The number of nitrogens with one attached hydrogen (secondary N) is 2. The van der Waals surface area contributed by atoms with Gasteiger partial charge in [0, 0.05) is 50.3 Å². The Morgan fingerprint density at radius 3 is 2.51 bits per heavy atom. The van der Waals surface area contributed by atoms with Crippen molar-refractivity contribution in [1.29, 1.82) is 0 Å². The van der Waals surface area contributed by atoms with E-state index in [-0.39, 0.29) is 29.7 Å². The second kappa shape index (κ2) is 11.5. The van der Waals surface area contributed by atoms with Gasteiger partial charge in [0.05, 0.1) is 5.55 Å². The maximum Gasteiger partial charge on any atom is 0.418 e. The zero-order valence-electron chi connectivity index (χ0n) is 21.8. The molecule has 4 rings (SSSR count). The van der Waals surface area contributed by atoms with E-state index < -0.39 is 53.4 Å². The van der Waals surface area contributed by atoms with Crippen molar-refractivity contribution in [2.75, 3.05) is 18.4 Å². The summed E-state index contributed by atoms with van der Waals surface area (Å²) in [6.07, 6.45) is -0.158. The first-order valence-electron chi connectivity index (χ1n) is 12.2. The number of benzene rings is 2. The van der Waals surface area contributed by atoms with Crippen LogP contribution in [-0.4, -0.2) is 38.0 Å². The molecule has 1 amide bonds. The van der Waals surface area contributed by atoms with Gasteiger partial charge < -0.3 is 10.1 Å². The number of rotatable bonds is 7. The van der Waals surface area contributed by atoms with Gasteiger partial charge in [-0.2, -0.15) is 8.42 Å². The van der Waals surface area contributed by atoms with Crippen molar-refractivity contribution in [1.82, 2.24) is 10.2 Å². The summed E-state index contributed by atoms with van der Waals surface area (Å²) in [5.74, 6) is -3.70. The van der Waals surface area contributed by atoms with Gasteiger partial charge in [0.2, 0.25) is 15.0 Å². The number of hydrogen-bond acceptors (Lipinski definition) is 7. The number of hydrogen-bond donors (Lipinski definition) is 2. The highest BCUT2D eigenvalue weighted by Gasteiger charge is 2.30. The van der Waals surface area contributed by atoms with Crippen LogP contribution < -0.4 is 15.4 Å². The van der Waals surface area contributed by atoms with Gasteiger partial charge in [0.15, 0.2) is 11.6 Å². The number of amides is 1. The van der Waals surface area contributed by atoms with E-state index in [0.717, 1.165) is 36.7 Å². The minimum Gasteiger partial charge on any atom is -0.404 e. The van der Waals surface area contributed by atoms with Crippen molar-refractivity contribution in [3.63, 3.8) is 0 Å². The topological polar surface area (TPSA) is 100 Å². The van der Waals surface area contributed by atoms with Gasteiger partial charge in [-0.05, 0) is 43.5 Å². The summed E-state index contributed by atoms with van der Waals surface area (Å²) in [6, 6.07) is 5.85. The molecule has 2 heterocycles. The van der Waals surface area contributed by atoms with Crippen LogP contribution in [0, 0.1) is 17.5 Å². The minimum absolute atomic E-state index is 0.0140. The number of anilines is 1. The number of nitrogens with zero attached hydrogens (tertiary/aromatic N) is 2. The summed E-state index contributed by atoms with van der Waals surface area (Å²) >= 11 is 0. The lowest BCUT2D eigenvalue weighted by atomic mass is 9.84. The number of aliphatic imine (C=N–C) groups is 1.